The fourth-order valence-corrected chi connectivity index (χ4v) is 4.71. The number of rotatable bonds is 11. The molecular formula is C26H33N3O4S. The van der Waals surface area contributed by atoms with Crippen LogP contribution in [-0.4, -0.2) is 54.2 Å². The molecule has 0 N–H and O–H groups in total. The Morgan fingerprint density at radius 3 is 2.35 bits per heavy atom. The number of aromatic nitrogens is 3. The number of carbonyl (C=O) groups excluding carboxylic acids is 1. The van der Waals surface area contributed by atoms with E-state index < -0.39 is 0 Å². The van der Waals surface area contributed by atoms with Gasteiger partial charge in [0.15, 0.2) is 28.3 Å². The van der Waals surface area contributed by atoms with Crippen molar-refractivity contribution in [1.29, 1.82) is 0 Å². The molecule has 1 heterocycles. The first-order chi connectivity index (χ1) is 16.3. The van der Waals surface area contributed by atoms with Crippen molar-refractivity contribution in [3.05, 3.63) is 52.1 Å². The molecule has 0 radical (unpaired) electrons. The van der Waals surface area contributed by atoms with Gasteiger partial charge in [0.25, 0.3) is 0 Å². The number of ether oxygens (including phenoxy) is 3. The third-order valence-electron chi connectivity index (χ3n) is 6.20. The lowest BCUT2D eigenvalue weighted by molar-refractivity contribution is 0.102. The zero-order valence-electron chi connectivity index (χ0n) is 21.0. The maximum Gasteiger partial charge on any atom is 0.191 e. The predicted molar refractivity (Wildman–Crippen MR) is 135 cm³/mol. The average molecular weight is 484 g/mol. The summed E-state index contributed by atoms with van der Waals surface area (Å²) in [6.07, 6.45) is 0.797. The van der Waals surface area contributed by atoms with Crippen LogP contribution in [0.3, 0.4) is 0 Å². The molecule has 0 atom stereocenters. The number of nitrogens with zero attached hydrogens (tertiary/aromatic N) is 3. The number of hydrogen-bond acceptors (Lipinski definition) is 7. The first-order valence-corrected chi connectivity index (χ1v) is 12.2. The molecule has 0 fully saturated rings. The quantitative estimate of drug-likeness (QED) is 0.211. The smallest absolute Gasteiger partial charge is 0.191 e. The first kappa shape index (κ1) is 25.8. The molecule has 0 amide bonds. The van der Waals surface area contributed by atoms with Crippen molar-refractivity contribution in [1.82, 2.24) is 14.8 Å². The van der Waals surface area contributed by atoms with Crippen molar-refractivity contribution >= 4 is 17.5 Å². The van der Waals surface area contributed by atoms with Gasteiger partial charge in [0.05, 0.1) is 20.0 Å². The number of benzene rings is 2. The highest BCUT2D eigenvalue weighted by atomic mass is 32.2. The average Bonchev–Trinajstić information content (AvgIpc) is 3.25. The Balaban J connectivity index is 1.89. The van der Waals surface area contributed by atoms with Crippen LogP contribution in [0.2, 0.25) is 0 Å². The van der Waals surface area contributed by atoms with Crippen molar-refractivity contribution in [2.45, 2.75) is 45.8 Å². The standard InChI is InChI=1S/C26H33N3O4S/c1-16-13-21(19(4)18(3)17(16)2)22(30)15-34-26-28-27-25(29(26)11-8-12-31-5)20-9-10-23(32-6)24(14-20)33-7/h9-10,13-14H,8,11-12,15H2,1-7H3. The van der Waals surface area contributed by atoms with Gasteiger partial charge in [0.2, 0.25) is 0 Å². The van der Waals surface area contributed by atoms with Crippen LogP contribution in [0.1, 0.15) is 39.0 Å². The number of Topliss-reactive ketones (excluding diaryl/α,β-unsaturated/α-hetero) is 1. The summed E-state index contributed by atoms with van der Waals surface area (Å²) in [5.41, 5.74) is 6.22. The van der Waals surface area contributed by atoms with Crippen LogP contribution in [0.25, 0.3) is 11.4 Å². The lowest BCUT2D eigenvalue weighted by atomic mass is 9.93. The number of aryl methyl sites for hydroxylation is 1. The monoisotopic (exact) mass is 483 g/mol. The van der Waals surface area contributed by atoms with Gasteiger partial charge in [-0.3, -0.25) is 4.79 Å². The summed E-state index contributed by atoms with van der Waals surface area (Å²) < 4.78 is 18.1. The highest BCUT2D eigenvalue weighted by Crippen LogP contribution is 2.33. The minimum atomic E-state index is 0.0906. The maximum atomic E-state index is 13.1. The minimum absolute atomic E-state index is 0.0906. The van der Waals surface area contributed by atoms with E-state index in [-0.39, 0.29) is 11.5 Å². The maximum absolute atomic E-state index is 13.1. The van der Waals surface area contributed by atoms with E-state index in [0.717, 1.165) is 28.7 Å². The van der Waals surface area contributed by atoms with E-state index in [1.165, 1.54) is 22.9 Å². The number of methoxy groups -OCH3 is 3. The Morgan fingerprint density at radius 2 is 1.68 bits per heavy atom. The molecule has 0 unspecified atom stereocenters. The molecular weight excluding hydrogens is 450 g/mol. The van der Waals surface area contributed by atoms with E-state index in [4.69, 9.17) is 14.2 Å². The second-order valence-electron chi connectivity index (χ2n) is 8.20. The van der Waals surface area contributed by atoms with Crippen LogP contribution >= 0.6 is 11.8 Å². The summed E-state index contributed by atoms with van der Waals surface area (Å²) in [5, 5.41) is 9.57. The Bertz CT molecular complexity index is 1170. The molecule has 0 aliphatic rings. The number of hydrogen-bond donors (Lipinski definition) is 0. The van der Waals surface area contributed by atoms with Gasteiger partial charge in [-0.2, -0.15) is 0 Å². The third-order valence-corrected chi connectivity index (χ3v) is 7.17. The van der Waals surface area contributed by atoms with Crippen LogP contribution < -0.4 is 9.47 Å². The normalized spacial score (nSPS) is 11.0. The number of carbonyl (C=O) groups is 1. The summed E-state index contributed by atoms with van der Waals surface area (Å²) in [6.45, 7) is 9.52. The molecule has 0 saturated carbocycles. The minimum Gasteiger partial charge on any atom is -0.493 e. The van der Waals surface area contributed by atoms with Gasteiger partial charge in [0.1, 0.15) is 0 Å². The van der Waals surface area contributed by atoms with E-state index in [2.05, 4.69) is 24.0 Å². The zero-order chi connectivity index (χ0) is 24.8. The summed E-state index contributed by atoms with van der Waals surface area (Å²) >= 11 is 1.41. The van der Waals surface area contributed by atoms with Crippen LogP contribution in [0.5, 0.6) is 11.5 Å². The molecule has 34 heavy (non-hydrogen) atoms. The Labute approximate surface area is 205 Å². The van der Waals surface area contributed by atoms with Crippen LogP contribution in [0.4, 0.5) is 0 Å². The van der Waals surface area contributed by atoms with Gasteiger partial charge in [-0.25, -0.2) is 0 Å². The Morgan fingerprint density at radius 1 is 0.941 bits per heavy atom. The highest BCUT2D eigenvalue weighted by Gasteiger charge is 2.19. The van der Waals surface area contributed by atoms with E-state index in [0.29, 0.717) is 35.6 Å². The van der Waals surface area contributed by atoms with Crippen LogP contribution in [0, 0.1) is 27.7 Å². The summed E-state index contributed by atoms with van der Waals surface area (Å²) in [5.74, 6) is 2.36. The van der Waals surface area contributed by atoms with Gasteiger partial charge in [-0.1, -0.05) is 11.8 Å². The fraction of sp³-hybridized carbons (Fsp3) is 0.423. The van der Waals surface area contributed by atoms with Crippen LogP contribution in [0.15, 0.2) is 29.4 Å². The summed E-state index contributed by atoms with van der Waals surface area (Å²) in [7, 11) is 4.90. The zero-order valence-corrected chi connectivity index (χ0v) is 21.8. The van der Waals surface area contributed by atoms with E-state index in [1.54, 1.807) is 21.3 Å². The SMILES string of the molecule is COCCCn1c(SCC(=O)c2cc(C)c(C)c(C)c2C)nnc1-c1ccc(OC)c(OC)c1. The largest absolute Gasteiger partial charge is 0.493 e. The van der Waals surface area contributed by atoms with Crippen molar-refractivity contribution in [2.75, 3.05) is 33.7 Å². The van der Waals surface area contributed by atoms with Crippen molar-refractivity contribution in [3.8, 4) is 22.9 Å². The molecule has 2 aromatic carbocycles. The molecule has 0 aliphatic carbocycles. The first-order valence-electron chi connectivity index (χ1n) is 11.2. The highest BCUT2D eigenvalue weighted by molar-refractivity contribution is 7.99. The predicted octanol–water partition coefficient (Wildman–Crippen LogP) is 5.21. The van der Waals surface area contributed by atoms with Crippen molar-refractivity contribution in [3.63, 3.8) is 0 Å². The third kappa shape index (κ3) is 5.45. The summed E-state index contributed by atoms with van der Waals surface area (Å²) in [6, 6.07) is 7.66. The molecule has 0 saturated heterocycles. The van der Waals surface area contributed by atoms with Gasteiger partial charge in [-0.15, -0.1) is 10.2 Å². The molecule has 1 aromatic heterocycles. The molecule has 3 aromatic rings. The second kappa shape index (κ2) is 11.5. The van der Waals surface area contributed by atoms with E-state index in [9.17, 15) is 4.79 Å². The lowest BCUT2D eigenvalue weighted by Crippen LogP contribution is -2.10. The van der Waals surface area contributed by atoms with Gasteiger partial charge >= 0.3 is 0 Å². The van der Waals surface area contributed by atoms with Crippen molar-refractivity contribution in [2.24, 2.45) is 0 Å². The van der Waals surface area contributed by atoms with Crippen molar-refractivity contribution < 1.29 is 19.0 Å². The fourth-order valence-electron chi connectivity index (χ4n) is 3.86. The molecule has 0 spiro atoms. The van der Waals surface area contributed by atoms with Gasteiger partial charge in [-0.05, 0) is 80.6 Å². The van der Waals surface area contributed by atoms with E-state index in [1.807, 2.05) is 42.7 Å². The Kier molecular flexibility index (Phi) is 8.74. The Hall–Kier alpha value is -2.84. The molecule has 182 valence electrons. The lowest BCUT2D eigenvalue weighted by Gasteiger charge is -2.14. The molecule has 8 heteroatoms. The molecule has 7 nitrogen and oxygen atoms in total. The van der Waals surface area contributed by atoms with Gasteiger partial charge in [0, 0.05) is 31.4 Å². The van der Waals surface area contributed by atoms with Crippen LogP contribution in [-0.2, 0) is 11.3 Å². The number of ketones is 1. The summed E-state index contributed by atoms with van der Waals surface area (Å²) in [4.78, 5) is 13.1. The molecule has 0 bridgehead atoms. The number of thioether (sulfide) groups is 1. The van der Waals surface area contributed by atoms with E-state index >= 15 is 0 Å². The molecule has 0 aliphatic heterocycles. The van der Waals surface area contributed by atoms with Gasteiger partial charge < -0.3 is 18.8 Å². The topological polar surface area (TPSA) is 75.5 Å². The molecule has 3 rings (SSSR count). The second-order valence-corrected chi connectivity index (χ2v) is 9.14.